The quantitative estimate of drug-likeness (QED) is 0.638. The molecule has 0 aromatic heterocycles. The van der Waals surface area contributed by atoms with Crippen LogP contribution in [0.5, 0.6) is 0 Å². The molecule has 2 aromatic carbocycles. The Labute approximate surface area is 144 Å². The first-order chi connectivity index (χ1) is 10.1. The summed E-state index contributed by atoms with van der Waals surface area (Å²) < 4.78 is 1.09. The van der Waals surface area contributed by atoms with Crippen molar-refractivity contribution in [3.8, 4) is 0 Å². The van der Waals surface area contributed by atoms with Crippen molar-refractivity contribution >= 4 is 39.1 Å². The Bertz CT molecular complexity index is 601. The molecule has 0 heterocycles. The molecule has 0 aliphatic heterocycles. The highest BCUT2D eigenvalue weighted by Gasteiger charge is 2.12. The topological polar surface area (TPSA) is 12.0 Å². The molecule has 2 aromatic rings. The summed E-state index contributed by atoms with van der Waals surface area (Å²) in [5, 5.41) is 4.81. The minimum Gasteiger partial charge on any atom is -0.310 e. The third-order valence-electron chi connectivity index (χ3n) is 3.32. The molecule has 0 amide bonds. The van der Waals surface area contributed by atoms with E-state index in [0.29, 0.717) is 10.0 Å². The lowest BCUT2D eigenvalue weighted by atomic mass is 9.99. The summed E-state index contributed by atoms with van der Waals surface area (Å²) in [5.74, 6) is 0. The van der Waals surface area contributed by atoms with Crippen LogP contribution in [0.1, 0.15) is 30.5 Å². The van der Waals surface area contributed by atoms with Crippen LogP contribution >= 0.6 is 39.1 Å². The molecule has 0 saturated heterocycles. The maximum atomic E-state index is 6.11. The van der Waals surface area contributed by atoms with Crippen LogP contribution in [0, 0.1) is 0 Å². The smallest absolute Gasteiger partial charge is 0.0595 e. The number of benzene rings is 2. The molecule has 0 aliphatic rings. The van der Waals surface area contributed by atoms with Gasteiger partial charge in [-0.1, -0.05) is 64.3 Å². The maximum Gasteiger partial charge on any atom is 0.0595 e. The number of rotatable bonds is 6. The molecule has 0 saturated carbocycles. The molecule has 2 rings (SSSR count). The van der Waals surface area contributed by atoms with E-state index in [4.69, 9.17) is 23.2 Å². The second-order valence-electron chi connectivity index (χ2n) is 5.01. The van der Waals surface area contributed by atoms with Crippen LogP contribution in [0.4, 0.5) is 0 Å². The lowest BCUT2D eigenvalue weighted by molar-refractivity contribution is 0.529. The Morgan fingerprint density at radius 3 is 2.57 bits per heavy atom. The first-order valence-electron chi connectivity index (χ1n) is 7.03. The Morgan fingerprint density at radius 2 is 1.90 bits per heavy atom. The Kier molecular flexibility index (Phi) is 6.56. The molecular formula is C17H18BrCl2N. The number of nitrogens with one attached hydrogen (secondary N) is 1. The van der Waals surface area contributed by atoms with E-state index in [0.717, 1.165) is 23.9 Å². The van der Waals surface area contributed by atoms with E-state index in [1.807, 2.05) is 24.3 Å². The van der Waals surface area contributed by atoms with E-state index in [1.165, 1.54) is 11.1 Å². The van der Waals surface area contributed by atoms with Crippen LogP contribution < -0.4 is 5.32 Å². The van der Waals surface area contributed by atoms with E-state index < -0.39 is 0 Å². The lowest BCUT2D eigenvalue weighted by Crippen LogP contribution is -2.24. The molecule has 0 aliphatic carbocycles. The van der Waals surface area contributed by atoms with Crippen LogP contribution in [0.2, 0.25) is 10.0 Å². The van der Waals surface area contributed by atoms with Crippen LogP contribution in [0.3, 0.4) is 0 Å². The first-order valence-corrected chi connectivity index (χ1v) is 8.58. The third kappa shape index (κ3) is 5.00. The molecule has 0 fully saturated rings. The molecule has 0 bridgehead atoms. The highest BCUT2D eigenvalue weighted by molar-refractivity contribution is 9.10. The van der Waals surface area contributed by atoms with Crippen LogP contribution in [0.15, 0.2) is 46.9 Å². The van der Waals surface area contributed by atoms with Gasteiger partial charge in [0.1, 0.15) is 0 Å². The van der Waals surface area contributed by atoms with Gasteiger partial charge in [0, 0.05) is 10.5 Å². The molecule has 1 N–H and O–H groups in total. The van der Waals surface area contributed by atoms with Crippen LogP contribution in [-0.4, -0.2) is 6.54 Å². The van der Waals surface area contributed by atoms with Crippen molar-refractivity contribution in [2.24, 2.45) is 0 Å². The predicted molar refractivity (Wildman–Crippen MR) is 95.3 cm³/mol. The van der Waals surface area contributed by atoms with Gasteiger partial charge in [-0.15, -0.1) is 0 Å². The van der Waals surface area contributed by atoms with Crippen molar-refractivity contribution < 1.29 is 0 Å². The second-order valence-corrected chi connectivity index (χ2v) is 6.74. The van der Waals surface area contributed by atoms with E-state index in [9.17, 15) is 0 Å². The van der Waals surface area contributed by atoms with E-state index in [1.54, 1.807) is 0 Å². The third-order valence-corrected chi connectivity index (χ3v) is 4.55. The molecule has 1 atom stereocenters. The average molecular weight is 387 g/mol. The van der Waals surface area contributed by atoms with Gasteiger partial charge >= 0.3 is 0 Å². The van der Waals surface area contributed by atoms with Crippen molar-refractivity contribution in [1.82, 2.24) is 5.32 Å². The van der Waals surface area contributed by atoms with Gasteiger partial charge in [0.15, 0.2) is 0 Å². The monoisotopic (exact) mass is 385 g/mol. The number of hydrogen-bond acceptors (Lipinski definition) is 1. The molecule has 21 heavy (non-hydrogen) atoms. The zero-order valence-corrected chi connectivity index (χ0v) is 15.0. The zero-order valence-electron chi connectivity index (χ0n) is 11.9. The molecule has 0 spiro atoms. The largest absolute Gasteiger partial charge is 0.310 e. The molecule has 4 heteroatoms. The zero-order chi connectivity index (χ0) is 15.2. The predicted octanol–water partition coefficient (Wildman–Crippen LogP) is 6.04. The summed E-state index contributed by atoms with van der Waals surface area (Å²) in [5.41, 5.74) is 2.45. The summed E-state index contributed by atoms with van der Waals surface area (Å²) >= 11 is 15.6. The van der Waals surface area contributed by atoms with Gasteiger partial charge in [0.05, 0.1) is 10.0 Å². The Hall–Kier alpha value is -0.540. The molecule has 0 radical (unpaired) electrons. The van der Waals surface area contributed by atoms with Gasteiger partial charge < -0.3 is 5.32 Å². The van der Waals surface area contributed by atoms with E-state index in [2.05, 4.69) is 46.4 Å². The highest BCUT2D eigenvalue weighted by atomic mass is 79.9. The molecular weight excluding hydrogens is 369 g/mol. The number of hydrogen-bond donors (Lipinski definition) is 1. The van der Waals surface area contributed by atoms with Crippen molar-refractivity contribution in [3.05, 3.63) is 68.1 Å². The Morgan fingerprint density at radius 1 is 1.10 bits per heavy atom. The van der Waals surface area contributed by atoms with Gasteiger partial charge in [-0.2, -0.15) is 0 Å². The lowest BCUT2D eigenvalue weighted by Gasteiger charge is -2.20. The molecule has 1 unspecified atom stereocenters. The summed E-state index contributed by atoms with van der Waals surface area (Å²) in [4.78, 5) is 0. The van der Waals surface area contributed by atoms with E-state index in [-0.39, 0.29) is 6.04 Å². The van der Waals surface area contributed by atoms with Crippen molar-refractivity contribution in [1.29, 1.82) is 0 Å². The van der Waals surface area contributed by atoms with Crippen molar-refractivity contribution in [2.45, 2.75) is 25.8 Å². The fourth-order valence-electron chi connectivity index (χ4n) is 2.25. The minimum absolute atomic E-state index is 0.264. The van der Waals surface area contributed by atoms with Gasteiger partial charge in [-0.05, 0) is 54.8 Å². The molecule has 1 nitrogen and oxygen atoms in total. The summed E-state index contributed by atoms with van der Waals surface area (Å²) in [6, 6.07) is 14.5. The summed E-state index contributed by atoms with van der Waals surface area (Å²) in [7, 11) is 0. The van der Waals surface area contributed by atoms with Gasteiger partial charge in [-0.3, -0.25) is 0 Å². The first kappa shape index (κ1) is 16.8. The fraction of sp³-hybridized carbons (Fsp3) is 0.294. The average Bonchev–Trinajstić information content (AvgIpc) is 2.47. The number of halogens is 3. The van der Waals surface area contributed by atoms with Gasteiger partial charge in [0.25, 0.3) is 0 Å². The fourth-order valence-corrected chi connectivity index (χ4v) is 2.99. The van der Waals surface area contributed by atoms with Crippen molar-refractivity contribution in [3.63, 3.8) is 0 Å². The minimum atomic E-state index is 0.264. The standard InChI is InChI=1S/C17H18BrCl2N/c1-2-8-21-17(13-4-3-5-14(18)11-13)10-12-6-7-15(19)16(20)9-12/h3-7,9,11,17,21H,2,8,10H2,1H3. The van der Waals surface area contributed by atoms with Crippen LogP contribution in [0.25, 0.3) is 0 Å². The summed E-state index contributed by atoms with van der Waals surface area (Å²) in [6.07, 6.45) is 1.99. The summed E-state index contributed by atoms with van der Waals surface area (Å²) in [6.45, 7) is 3.16. The normalized spacial score (nSPS) is 12.4. The SMILES string of the molecule is CCCNC(Cc1ccc(Cl)c(Cl)c1)c1cccc(Br)c1. The van der Waals surface area contributed by atoms with Gasteiger partial charge in [0.2, 0.25) is 0 Å². The van der Waals surface area contributed by atoms with E-state index >= 15 is 0 Å². The van der Waals surface area contributed by atoms with Gasteiger partial charge in [-0.25, -0.2) is 0 Å². The maximum absolute atomic E-state index is 6.11. The Balaban J connectivity index is 2.21. The highest BCUT2D eigenvalue weighted by Crippen LogP contribution is 2.26. The van der Waals surface area contributed by atoms with Crippen LogP contribution in [-0.2, 0) is 6.42 Å². The van der Waals surface area contributed by atoms with Crippen molar-refractivity contribution in [2.75, 3.05) is 6.54 Å². The second kappa shape index (κ2) is 8.19. The molecule has 112 valence electrons.